The van der Waals surface area contributed by atoms with Gasteiger partial charge in [-0.3, -0.25) is 9.69 Å². The summed E-state index contributed by atoms with van der Waals surface area (Å²) in [6, 6.07) is -0.430. The van der Waals surface area contributed by atoms with Crippen LogP contribution in [0.2, 0.25) is 0 Å². The molecule has 18 heavy (non-hydrogen) atoms. The highest BCUT2D eigenvalue weighted by atomic mass is 16.4. The van der Waals surface area contributed by atoms with Crippen molar-refractivity contribution in [2.24, 2.45) is 9.98 Å². The molecule has 0 bridgehead atoms. The van der Waals surface area contributed by atoms with Crippen LogP contribution in [-0.4, -0.2) is 57.8 Å². The van der Waals surface area contributed by atoms with Crippen molar-refractivity contribution in [3.63, 3.8) is 0 Å². The summed E-state index contributed by atoms with van der Waals surface area (Å²) in [4.78, 5) is 34.3. The van der Waals surface area contributed by atoms with Gasteiger partial charge in [-0.15, -0.1) is 5.10 Å². The lowest BCUT2D eigenvalue weighted by Gasteiger charge is -2.29. The van der Waals surface area contributed by atoms with Crippen molar-refractivity contribution in [1.29, 1.82) is 0 Å². The molecular formula is C9H10N6O3. The third-order valence-corrected chi connectivity index (χ3v) is 2.81. The monoisotopic (exact) mass is 250 g/mol. The quantitative estimate of drug-likeness (QED) is 0.680. The molecule has 0 fully saturated rings. The molecule has 0 saturated heterocycles. The number of fused-ring (bicyclic) bond motifs is 1. The normalized spacial score (nSPS) is 25.9. The second-order valence-electron chi connectivity index (χ2n) is 4.03. The van der Waals surface area contributed by atoms with Crippen LogP contribution in [-0.2, 0) is 11.3 Å². The Morgan fingerprint density at radius 2 is 2.17 bits per heavy atom. The number of aromatic nitrogens is 2. The number of carbonyl (C=O) groups excluding carboxylic acids is 1. The predicted octanol–water partition coefficient (Wildman–Crippen LogP) is -1.60. The molecule has 1 aromatic heterocycles. The molecule has 94 valence electrons. The molecule has 3 heterocycles. The van der Waals surface area contributed by atoms with Gasteiger partial charge < -0.3 is 9.32 Å². The van der Waals surface area contributed by atoms with E-state index in [1.807, 2.05) is 0 Å². The summed E-state index contributed by atoms with van der Waals surface area (Å²) in [5, 5.41) is 5.78. The van der Waals surface area contributed by atoms with Gasteiger partial charge in [0.05, 0.1) is 12.7 Å². The molecule has 0 saturated carbocycles. The van der Waals surface area contributed by atoms with Gasteiger partial charge >= 0.3 is 5.76 Å². The Balaban J connectivity index is 1.81. The first-order valence-electron chi connectivity index (χ1n) is 5.28. The van der Waals surface area contributed by atoms with Gasteiger partial charge in [0.1, 0.15) is 6.54 Å². The van der Waals surface area contributed by atoms with Crippen molar-refractivity contribution in [3.8, 4) is 0 Å². The van der Waals surface area contributed by atoms with Crippen molar-refractivity contribution in [2.45, 2.75) is 18.8 Å². The predicted molar refractivity (Wildman–Crippen MR) is 60.0 cm³/mol. The Bertz CT molecular complexity index is 587. The van der Waals surface area contributed by atoms with E-state index in [-0.39, 0.29) is 24.5 Å². The topological polar surface area (TPSA) is 107 Å². The summed E-state index contributed by atoms with van der Waals surface area (Å²) in [5.41, 5.74) is 0. The van der Waals surface area contributed by atoms with Gasteiger partial charge in [0.2, 0.25) is 5.89 Å². The zero-order chi connectivity index (χ0) is 12.7. The molecule has 2 atom stereocenters. The number of rotatable bonds is 2. The zero-order valence-corrected chi connectivity index (χ0v) is 9.48. The van der Waals surface area contributed by atoms with Gasteiger partial charge in [-0.25, -0.2) is 19.9 Å². The molecule has 9 heteroatoms. The van der Waals surface area contributed by atoms with E-state index in [9.17, 15) is 9.59 Å². The van der Waals surface area contributed by atoms with Crippen molar-refractivity contribution >= 4 is 18.6 Å². The minimum atomic E-state index is -0.648. The van der Waals surface area contributed by atoms with Crippen molar-refractivity contribution in [2.75, 3.05) is 7.05 Å². The number of aromatic amines is 1. The van der Waals surface area contributed by atoms with Crippen LogP contribution in [0.15, 0.2) is 19.2 Å². The SMILES string of the molecule is CN1C=NC2N=CN(Cc3n[nH]c(=O)o3)C(=O)C21. The fourth-order valence-electron chi connectivity index (χ4n) is 1.93. The van der Waals surface area contributed by atoms with Crippen LogP contribution in [0.3, 0.4) is 0 Å². The third-order valence-electron chi connectivity index (χ3n) is 2.81. The van der Waals surface area contributed by atoms with Gasteiger partial charge in [-0.05, 0) is 0 Å². The minimum Gasteiger partial charge on any atom is -0.390 e. The Morgan fingerprint density at radius 3 is 2.89 bits per heavy atom. The molecule has 3 rings (SSSR count). The second-order valence-corrected chi connectivity index (χ2v) is 4.03. The molecule has 0 aliphatic carbocycles. The number of aliphatic imine (C=N–C) groups is 2. The molecule has 1 N–H and O–H groups in total. The van der Waals surface area contributed by atoms with Gasteiger partial charge in [0.25, 0.3) is 5.91 Å². The number of carbonyl (C=O) groups is 1. The Morgan fingerprint density at radius 1 is 1.39 bits per heavy atom. The molecule has 2 unspecified atom stereocenters. The van der Waals surface area contributed by atoms with Crippen LogP contribution in [0.1, 0.15) is 5.89 Å². The van der Waals surface area contributed by atoms with E-state index in [1.54, 1.807) is 18.3 Å². The highest BCUT2D eigenvalue weighted by Gasteiger charge is 2.40. The lowest BCUT2D eigenvalue weighted by molar-refractivity contribution is -0.132. The maximum atomic E-state index is 12.2. The Kier molecular flexibility index (Phi) is 2.25. The molecule has 2 aliphatic heterocycles. The first kappa shape index (κ1) is 10.7. The van der Waals surface area contributed by atoms with Crippen LogP contribution in [0, 0.1) is 0 Å². The smallest absolute Gasteiger partial charge is 0.390 e. The number of hydrogen-bond donors (Lipinski definition) is 1. The minimum absolute atomic E-state index is 0.0676. The molecule has 1 aromatic rings. The van der Waals surface area contributed by atoms with E-state index in [2.05, 4.69) is 20.2 Å². The molecule has 2 aliphatic rings. The van der Waals surface area contributed by atoms with E-state index in [1.165, 1.54) is 11.2 Å². The lowest BCUT2D eigenvalue weighted by Crippen LogP contribution is -2.51. The second kappa shape index (κ2) is 3.79. The Labute approximate surface area is 101 Å². The Hall–Kier alpha value is -2.45. The number of hydrogen-bond acceptors (Lipinski definition) is 7. The number of amides is 1. The molecule has 0 radical (unpaired) electrons. The maximum absolute atomic E-state index is 12.2. The van der Waals surface area contributed by atoms with Gasteiger partial charge in [0.15, 0.2) is 12.2 Å². The summed E-state index contributed by atoms with van der Waals surface area (Å²) in [5.74, 6) is -0.661. The van der Waals surface area contributed by atoms with Crippen LogP contribution in [0.5, 0.6) is 0 Å². The van der Waals surface area contributed by atoms with Crippen molar-refractivity contribution < 1.29 is 9.21 Å². The van der Waals surface area contributed by atoms with Crippen LogP contribution < -0.4 is 5.76 Å². The highest BCUT2D eigenvalue weighted by Crippen LogP contribution is 2.19. The van der Waals surface area contributed by atoms with E-state index in [4.69, 9.17) is 4.42 Å². The fraction of sp³-hybridized carbons (Fsp3) is 0.444. The van der Waals surface area contributed by atoms with E-state index >= 15 is 0 Å². The van der Waals surface area contributed by atoms with Crippen molar-refractivity contribution in [3.05, 3.63) is 16.4 Å². The molecular weight excluding hydrogens is 240 g/mol. The number of nitrogens with one attached hydrogen (secondary N) is 1. The average Bonchev–Trinajstić information content (AvgIpc) is 2.90. The highest BCUT2D eigenvalue weighted by molar-refractivity contribution is 5.96. The van der Waals surface area contributed by atoms with E-state index in [0.29, 0.717) is 0 Å². The number of nitrogens with zero attached hydrogens (tertiary/aromatic N) is 5. The summed E-state index contributed by atoms with van der Waals surface area (Å²) < 4.78 is 4.75. The van der Waals surface area contributed by atoms with E-state index < -0.39 is 11.8 Å². The van der Waals surface area contributed by atoms with Crippen molar-refractivity contribution in [1.82, 2.24) is 20.0 Å². The standard InChI is InChI=1S/C9H10N6O3/c1-14-3-10-7-6(14)8(16)15(4-11-7)2-5-12-13-9(17)18-5/h3-4,6-7H,2H2,1H3,(H,13,17). The summed E-state index contributed by atoms with van der Waals surface area (Å²) in [6.07, 6.45) is 2.60. The third kappa shape index (κ3) is 1.60. The van der Waals surface area contributed by atoms with Crippen LogP contribution in [0.25, 0.3) is 0 Å². The van der Waals surface area contributed by atoms with E-state index in [0.717, 1.165) is 0 Å². The zero-order valence-electron chi connectivity index (χ0n) is 9.48. The molecule has 9 nitrogen and oxygen atoms in total. The summed E-state index contributed by atoms with van der Waals surface area (Å²) >= 11 is 0. The maximum Gasteiger partial charge on any atom is 0.434 e. The van der Waals surface area contributed by atoms with Gasteiger partial charge in [-0.2, -0.15) is 0 Å². The largest absolute Gasteiger partial charge is 0.434 e. The first-order valence-corrected chi connectivity index (χ1v) is 5.28. The molecule has 0 spiro atoms. The number of H-pyrrole nitrogens is 1. The summed E-state index contributed by atoms with van der Waals surface area (Å²) in [7, 11) is 1.76. The first-order chi connectivity index (χ1) is 8.65. The molecule has 1 amide bonds. The average molecular weight is 250 g/mol. The lowest BCUT2D eigenvalue weighted by atomic mass is 10.2. The van der Waals surface area contributed by atoms with Gasteiger partial charge in [0, 0.05) is 7.05 Å². The van der Waals surface area contributed by atoms with Gasteiger partial charge in [-0.1, -0.05) is 0 Å². The summed E-state index contributed by atoms with van der Waals surface area (Å²) in [6.45, 7) is 0.0676. The number of likely N-dealkylation sites (N-methyl/N-ethyl adjacent to an activating group) is 1. The fourth-order valence-corrected chi connectivity index (χ4v) is 1.93. The van der Waals surface area contributed by atoms with Crippen LogP contribution in [0.4, 0.5) is 0 Å². The van der Waals surface area contributed by atoms with Crippen LogP contribution >= 0.6 is 0 Å². The molecule has 0 aromatic carbocycles.